The second-order valence-corrected chi connectivity index (χ2v) is 4.85. The Balaban J connectivity index is 2.28. The zero-order valence-corrected chi connectivity index (χ0v) is 11.3. The summed E-state index contributed by atoms with van der Waals surface area (Å²) in [7, 11) is 0. The molecule has 0 spiro atoms. The number of nitrogens with zero attached hydrogens (tertiary/aromatic N) is 1. The number of fused-ring (bicyclic) bond motifs is 1. The molecule has 1 atom stereocenters. The molecule has 0 saturated heterocycles. The van der Waals surface area contributed by atoms with Gasteiger partial charge in [0.1, 0.15) is 5.52 Å². The van der Waals surface area contributed by atoms with E-state index in [1.807, 2.05) is 0 Å². The highest BCUT2D eigenvalue weighted by Gasteiger charge is 2.12. The molecule has 0 radical (unpaired) electrons. The molecule has 0 amide bonds. The smallest absolute Gasteiger partial charge is 0.197 e. The van der Waals surface area contributed by atoms with Gasteiger partial charge in [-0.3, -0.25) is 0 Å². The van der Waals surface area contributed by atoms with Gasteiger partial charge in [-0.25, -0.2) is 4.98 Å². The summed E-state index contributed by atoms with van der Waals surface area (Å²) in [6.07, 6.45) is 0.733. The maximum atomic E-state index is 6.04. The molecule has 5 heteroatoms. The van der Waals surface area contributed by atoms with Crippen LogP contribution >= 0.6 is 23.2 Å². The number of oxazole rings is 1. The number of likely N-dealkylation sites (N-methyl/N-ethyl adjacent to an activating group) is 1. The zero-order chi connectivity index (χ0) is 12.4. The van der Waals surface area contributed by atoms with Gasteiger partial charge in [0.25, 0.3) is 0 Å². The number of nitrogens with one attached hydrogen (secondary N) is 1. The Bertz CT molecular complexity index is 524. The van der Waals surface area contributed by atoms with E-state index in [0.717, 1.165) is 13.0 Å². The molecule has 3 nitrogen and oxygen atoms in total. The maximum Gasteiger partial charge on any atom is 0.197 e. The van der Waals surface area contributed by atoms with Gasteiger partial charge in [-0.2, -0.15) is 0 Å². The first-order valence-electron chi connectivity index (χ1n) is 5.58. The van der Waals surface area contributed by atoms with E-state index >= 15 is 0 Å². The van der Waals surface area contributed by atoms with Crippen molar-refractivity contribution in [1.29, 1.82) is 0 Å². The summed E-state index contributed by atoms with van der Waals surface area (Å²) >= 11 is 11.9. The normalized spacial score (nSPS) is 13.2. The number of benzene rings is 1. The van der Waals surface area contributed by atoms with Crippen molar-refractivity contribution in [3.63, 3.8) is 0 Å². The maximum absolute atomic E-state index is 6.04. The van der Waals surface area contributed by atoms with E-state index in [1.54, 1.807) is 12.1 Å². The first kappa shape index (κ1) is 12.7. The van der Waals surface area contributed by atoms with Crippen LogP contribution in [0.25, 0.3) is 11.1 Å². The first-order valence-corrected chi connectivity index (χ1v) is 6.33. The van der Waals surface area contributed by atoms with E-state index < -0.39 is 0 Å². The predicted molar refractivity (Wildman–Crippen MR) is 70.9 cm³/mol. The summed E-state index contributed by atoms with van der Waals surface area (Å²) in [5.41, 5.74) is 1.32. The Morgan fingerprint density at radius 1 is 1.41 bits per heavy atom. The van der Waals surface area contributed by atoms with Gasteiger partial charge < -0.3 is 9.73 Å². The van der Waals surface area contributed by atoms with Gasteiger partial charge in [0.15, 0.2) is 11.5 Å². The fourth-order valence-electron chi connectivity index (χ4n) is 1.78. The second-order valence-electron chi connectivity index (χ2n) is 4.01. The van der Waals surface area contributed by atoms with Crippen LogP contribution in [-0.2, 0) is 6.42 Å². The van der Waals surface area contributed by atoms with Crippen LogP contribution < -0.4 is 5.32 Å². The van der Waals surface area contributed by atoms with E-state index in [1.165, 1.54) is 0 Å². The van der Waals surface area contributed by atoms with Crippen LogP contribution in [0.4, 0.5) is 0 Å². The number of aromatic nitrogens is 1. The monoisotopic (exact) mass is 272 g/mol. The van der Waals surface area contributed by atoms with Crippen LogP contribution in [0.1, 0.15) is 19.7 Å². The largest absolute Gasteiger partial charge is 0.439 e. The van der Waals surface area contributed by atoms with Crippen LogP contribution in [-0.4, -0.2) is 17.6 Å². The average Bonchev–Trinajstić information content (AvgIpc) is 2.60. The first-order chi connectivity index (χ1) is 8.10. The topological polar surface area (TPSA) is 38.1 Å². The van der Waals surface area contributed by atoms with Crippen LogP contribution in [0.2, 0.25) is 10.0 Å². The van der Waals surface area contributed by atoms with Crippen molar-refractivity contribution in [2.24, 2.45) is 0 Å². The fourth-order valence-corrected chi connectivity index (χ4v) is 2.30. The Morgan fingerprint density at radius 2 is 2.18 bits per heavy atom. The second kappa shape index (κ2) is 5.25. The minimum atomic E-state index is 0.322. The van der Waals surface area contributed by atoms with Gasteiger partial charge in [0, 0.05) is 17.5 Å². The van der Waals surface area contributed by atoms with Gasteiger partial charge in [-0.1, -0.05) is 30.1 Å². The van der Waals surface area contributed by atoms with Gasteiger partial charge in [-0.15, -0.1) is 0 Å². The molecule has 0 aliphatic heterocycles. The third-order valence-electron chi connectivity index (χ3n) is 2.49. The molecule has 2 rings (SSSR count). The highest BCUT2D eigenvalue weighted by molar-refractivity contribution is 6.37. The molecule has 1 aromatic heterocycles. The minimum Gasteiger partial charge on any atom is -0.439 e. The summed E-state index contributed by atoms with van der Waals surface area (Å²) in [6.45, 7) is 5.08. The number of hydrogen-bond acceptors (Lipinski definition) is 3. The van der Waals surface area contributed by atoms with E-state index in [2.05, 4.69) is 24.1 Å². The van der Waals surface area contributed by atoms with Gasteiger partial charge in [-0.05, 0) is 25.6 Å². The summed E-state index contributed by atoms with van der Waals surface area (Å²) in [5, 5.41) is 4.38. The van der Waals surface area contributed by atoms with Gasteiger partial charge >= 0.3 is 0 Å². The Hall–Kier alpha value is -0.770. The Morgan fingerprint density at radius 3 is 2.88 bits per heavy atom. The summed E-state index contributed by atoms with van der Waals surface area (Å²) < 4.78 is 5.63. The molecule has 1 unspecified atom stereocenters. The summed E-state index contributed by atoms with van der Waals surface area (Å²) in [4.78, 5) is 4.38. The van der Waals surface area contributed by atoms with Crippen LogP contribution in [0.3, 0.4) is 0 Å². The molecule has 1 heterocycles. The minimum absolute atomic E-state index is 0.322. The van der Waals surface area contributed by atoms with E-state index in [0.29, 0.717) is 33.1 Å². The molecule has 1 N–H and O–H groups in total. The SMILES string of the molecule is CCNC(C)Cc1nc2cc(Cl)cc(Cl)c2o1. The molecule has 0 aliphatic carbocycles. The fraction of sp³-hybridized carbons (Fsp3) is 0.417. The van der Waals surface area contributed by atoms with Crippen LogP contribution in [0.5, 0.6) is 0 Å². The predicted octanol–water partition coefficient (Wildman–Crippen LogP) is 3.68. The zero-order valence-electron chi connectivity index (χ0n) is 9.76. The summed E-state index contributed by atoms with van der Waals surface area (Å²) in [6, 6.07) is 3.74. The lowest BCUT2D eigenvalue weighted by Gasteiger charge is -2.08. The van der Waals surface area contributed by atoms with Crippen molar-refractivity contribution in [2.45, 2.75) is 26.3 Å². The quantitative estimate of drug-likeness (QED) is 0.923. The van der Waals surface area contributed by atoms with Gasteiger partial charge in [0.05, 0.1) is 5.02 Å². The van der Waals surface area contributed by atoms with E-state index in [-0.39, 0.29) is 0 Å². The highest BCUT2D eigenvalue weighted by atomic mass is 35.5. The lowest BCUT2D eigenvalue weighted by Crippen LogP contribution is -2.27. The standard InChI is InChI=1S/C12H14Cl2N2O/c1-3-15-7(2)4-11-16-10-6-8(13)5-9(14)12(10)17-11/h5-7,15H,3-4H2,1-2H3. The third kappa shape index (κ3) is 2.92. The van der Waals surface area contributed by atoms with Crippen LogP contribution in [0, 0.1) is 0 Å². The molecule has 92 valence electrons. The molecule has 0 aliphatic rings. The lowest BCUT2D eigenvalue weighted by atomic mass is 10.2. The van der Waals surface area contributed by atoms with Crippen molar-refractivity contribution in [2.75, 3.05) is 6.54 Å². The van der Waals surface area contributed by atoms with Crippen LogP contribution in [0.15, 0.2) is 16.5 Å². The highest BCUT2D eigenvalue weighted by Crippen LogP contribution is 2.28. The molecule has 0 bridgehead atoms. The number of halogens is 2. The molecule has 2 aromatic rings. The number of hydrogen-bond donors (Lipinski definition) is 1. The lowest BCUT2D eigenvalue weighted by molar-refractivity contribution is 0.469. The van der Waals surface area contributed by atoms with E-state index in [4.69, 9.17) is 27.6 Å². The molecular formula is C12H14Cl2N2O. The average molecular weight is 273 g/mol. The van der Waals surface area contributed by atoms with E-state index in [9.17, 15) is 0 Å². The Labute approximate surface area is 110 Å². The molecular weight excluding hydrogens is 259 g/mol. The number of rotatable bonds is 4. The molecule has 1 aromatic carbocycles. The summed E-state index contributed by atoms with van der Waals surface area (Å²) in [5.74, 6) is 0.678. The molecule has 17 heavy (non-hydrogen) atoms. The van der Waals surface area contributed by atoms with Gasteiger partial charge in [0.2, 0.25) is 0 Å². The van der Waals surface area contributed by atoms with Crippen molar-refractivity contribution in [3.05, 3.63) is 28.1 Å². The Kier molecular flexibility index (Phi) is 3.92. The molecule has 0 fully saturated rings. The van der Waals surface area contributed by atoms with Crippen molar-refractivity contribution >= 4 is 34.3 Å². The molecule has 0 saturated carbocycles. The third-order valence-corrected chi connectivity index (χ3v) is 2.99. The van der Waals surface area contributed by atoms with Crippen molar-refractivity contribution in [1.82, 2.24) is 10.3 Å². The van der Waals surface area contributed by atoms with Crippen molar-refractivity contribution < 1.29 is 4.42 Å². The van der Waals surface area contributed by atoms with Crippen molar-refractivity contribution in [3.8, 4) is 0 Å².